The second-order valence-corrected chi connectivity index (χ2v) is 7.90. The summed E-state index contributed by atoms with van der Waals surface area (Å²) in [5.41, 5.74) is 0.546. The lowest BCUT2D eigenvalue weighted by Crippen LogP contribution is -2.22. The molecule has 0 saturated heterocycles. The van der Waals surface area contributed by atoms with Gasteiger partial charge < -0.3 is 15.4 Å². The predicted molar refractivity (Wildman–Crippen MR) is 101 cm³/mol. The summed E-state index contributed by atoms with van der Waals surface area (Å²) >= 11 is 8.78. The van der Waals surface area contributed by atoms with Gasteiger partial charge in [-0.05, 0) is 31.5 Å². The summed E-state index contributed by atoms with van der Waals surface area (Å²) < 4.78 is 5.98. The van der Waals surface area contributed by atoms with Crippen molar-refractivity contribution in [3.05, 3.63) is 23.2 Å². The minimum Gasteiger partial charge on any atom is -0.495 e. The van der Waals surface area contributed by atoms with Gasteiger partial charge in [0.15, 0.2) is 4.34 Å². The number of hydrogen-bond acceptors (Lipinski definition) is 7. The zero-order chi connectivity index (χ0) is 17.5. The maximum absolute atomic E-state index is 12.4. The van der Waals surface area contributed by atoms with Gasteiger partial charge in [-0.1, -0.05) is 41.6 Å². The molecule has 24 heavy (non-hydrogen) atoms. The van der Waals surface area contributed by atoms with E-state index in [1.54, 1.807) is 25.3 Å². The maximum atomic E-state index is 12.4. The van der Waals surface area contributed by atoms with E-state index < -0.39 is 0 Å². The van der Waals surface area contributed by atoms with Crippen molar-refractivity contribution in [2.75, 3.05) is 24.3 Å². The highest BCUT2D eigenvalue weighted by molar-refractivity contribution is 8.02. The van der Waals surface area contributed by atoms with Crippen LogP contribution in [0.5, 0.6) is 5.75 Å². The van der Waals surface area contributed by atoms with Crippen molar-refractivity contribution in [3.8, 4) is 5.75 Å². The standard InChI is InChI=1S/C15H19ClN4O2S2/c1-4-7-17-14-19-20-15(24-14)23-9(2)13(21)18-11-8-10(16)5-6-12(11)22-3/h5-6,8-9H,4,7H2,1-3H3,(H,17,19)(H,18,21)/t9-/m0/s1. The number of nitrogens with zero attached hydrogens (tertiary/aromatic N) is 2. The lowest BCUT2D eigenvalue weighted by Gasteiger charge is -2.13. The molecule has 1 atom stereocenters. The van der Waals surface area contributed by atoms with E-state index in [1.807, 2.05) is 6.92 Å². The normalized spacial score (nSPS) is 11.8. The average molecular weight is 387 g/mol. The molecule has 130 valence electrons. The van der Waals surface area contributed by atoms with Crippen LogP contribution in [0.25, 0.3) is 0 Å². The number of nitrogens with one attached hydrogen (secondary N) is 2. The Kier molecular flexibility index (Phi) is 7.14. The van der Waals surface area contributed by atoms with E-state index in [2.05, 4.69) is 27.8 Å². The van der Waals surface area contributed by atoms with Crippen LogP contribution in [0.15, 0.2) is 22.5 Å². The molecule has 0 unspecified atom stereocenters. The first-order valence-corrected chi connectivity index (χ1v) is 9.49. The van der Waals surface area contributed by atoms with Crippen LogP contribution in [-0.2, 0) is 4.79 Å². The largest absolute Gasteiger partial charge is 0.495 e. The number of thioether (sulfide) groups is 1. The molecule has 2 aromatic rings. The number of amides is 1. The van der Waals surface area contributed by atoms with Gasteiger partial charge in [0, 0.05) is 11.6 Å². The molecule has 0 fully saturated rings. The monoisotopic (exact) mass is 386 g/mol. The Bertz CT molecular complexity index is 696. The molecular formula is C15H19ClN4O2S2. The second-order valence-electron chi connectivity index (χ2n) is 4.89. The van der Waals surface area contributed by atoms with Crippen molar-refractivity contribution >= 4 is 51.4 Å². The number of halogens is 1. The van der Waals surface area contributed by atoms with Crippen LogP contribution in [0.3, 0.4) is 0 Å². The van der Waals surface area contributed by atoms with Crippen LogP contribution in [0, 0.1) is 0 Å². The van der Waals surface area contributed by atoms with E-state index in [9.17, 15) is 4.79 Å². The summed E-state index contributed by atoms with van der Waals surface area (Å²) in [5.74, 6) is 0.408. The van der Waals surface area contributed by atoms with E-state index in [1.165, 1.54) is 23.1 Å². The first-order valence-electron chi connectivity index (χ1n) is 7.42. The molecule has 0 spiro atoms. The molecule has 0 aliphatic rings. The van der Waals surface area contributed by atoms with Gasteiger partial charge in [0.2, 0.25) is 11.0 Å². The number of benzene rings is 1. The van der Waals surface area contributed by atoms with Crippen LogP contribution < -0.4 is 15.4 Å². The number of aromatic nitrogens is 2. The highest BCUT2D eigenvalue weighted by Crippen LogP contribution is 2.31. The molecule has 2 rings (SSSR count). The fourth-order valence-corrected chi connectivity index (χ4v) is 3.87. The molecule has 1 aromatic heterocycles. The van der Waals surface area contributed by atoms with E-state index in [4.69, 9.17) is 16.3 Å². The smallest absolute Gasteiger partial charge is 0.237 e. The Hall–Kier alpha value is -1.51. The molecule has 1 amide bonds. The molecule has 9 heteroatoms. The van der Waals surface area contributed by atoms with Crippen molar-refractivity contribution in [2.24, 2.45) is 0 Å². The molecule has 0 aliphatic heterocycles. The topological polar surface area (TPSA) is 76.1 Å². The molecule has 1 heterocycles. The number of anilines is 2. The number of hydrogen-bond donors (Lipinski definition) is 2. The number of ether oxygens (including phenoxy) is 1. The first kappa shape index (κ1) is 18.8. The number of methoxy groups -OCH3 is 1. The summed E-state index contributed by atoms with van der Waals surface area (Å²) in [6.07, 6.45) is 1.02. The Balaban J connectivity index is 1.97. The predicted octanol–water partition coefficient (Wildman–Crippen LogP) is 4.14. The lowest BCUT2D eigenvalue weighted by molar-refractivity contribution is -0.115. The van der Waals surface area contributed by atoms with Crippen molar-refractivity contribution < 1.29 is 9.53 Å². The van der Waals surface area contributed by atoms with E-state index in [0.29, 0.717) is 16.5 Å². The first-order chi connectivity index (χ1) is 11.5. The van der Waals surface area contributed by atoms with Crippen molar-refractivity contribution in [1.29, 1.82) is 0 Å². The second kappa shape index (κ2) is 9.10. The van der Waals surface area contributed by atoms with Gasteiger partial charge in [-0.15, -0.1) is 10.2 Å². The summed E-state index contributed by atoms with van der Waals surface area (Å²) in [6.45, 7) is 4.75. The number of carbonyl (C=O) groups excluding carboxylic acids is 1. The van der Waals surface area contributed by atoms with Crippen molar-refractivity contribution in [3.63, 3.8) is 0 Å². The SMILES string of the molecule is CCCNc1nnc(S[C@@H](C)C(=O)Nc2cc(Cl)ccc2OC)s1. The summed E-state index contributed by atoms with van der Waals surface area (Å²) in [7, 11) is 1.54. The highest BCUT2D eigenvalue weighted by Gasteiger charge is 2.18. The summed E-state index contributed by atoms with van der Waals surface area (Å²) in [5, 5.41) is 15.1. The molecular weight excluding hydrogens is 368 g/mol. The van der Waals surface area contributed by atoms with Gasteiger partial charge in [0.25, 0.3) is 0 Å². The van der Waals surface area contributed by atoms with Crippen molar-refractivity contribution in [2.45, 2.75) is 29.9 Å². The molecule has 0 radical (unpaired) electrons. The van der Waals surface area contributed by atoms with Crippen LogP contribution in [0.2, 0.25) is 5.02 Å². The highest BCUT2D eigenvalue weighted by atomic mass is 35.5. The fraction of sp³-hybridized carbons (Fsp3) is 0.400. The number of carbonyl (C=O) groups is 1. The van der Waals surface area contributed by atoms with Crippen LogP contribution in [0.4, 0.5) is 10.8 Å². The fourth-order valence-electron chi connectivity index (χ4n) is 1.78. The molecule has 2 N–H and O–H groups in total. The van der Waals surface area contributed by atoms with Crippen LogP contribution >= 0.6 is 34.7 Å². The average Bonchev–Trinajstić information content (AvgIpc) is 3.00. The Labute approximate surface area is 154 Å². The third kappa shape index (κ3) is 5.25. The van der Waals surface area contributed by atoms with Gasteiger partial charge in [-0.3, -0.25) is 4.79 Å². The molecule has 6 nitrogen and oxygen atoms in total. The minimum absolute atomic E-state index is 0.154. The maximum Gasteiger partial charge on any atom is 0.237 e. The van der Waals surface area contributed by atoms with Gasteiger partial charge in [0.05, 0.1) is 18.0 Å². The molecule has 0 saturated carbocycles. The number of rotatable bonds is 8. The van der Waals surface area contributed by atoms with Crippen molar-refractivity contribution in [1.82, 2.24) is 10.2 Å². The third-order valence-corrected chi connectivity index (χ3v) is 5.30. The van der Waals surface area contributed by atoms with E-state index >= 15 is 0 Å². The van der Waals surface area contributed by atoms with Gasteiger partial charge in [-0.25, -0.2) is 0 Å². The Morgan fingerprint density at radius 3 is 2.96 bits per heavy atom. The molecule has 1 aromatic carbocycles. The van der Waals surface area contributed by atoms with Crippen LogP contribution in [0.1, 0.15) is 20.3 Å². The van der Waals surface area contributed by atoms with E-state index in [-0.39, 0.29) is 11.2 Å². The quantitative estimate of drug-likeness (QED) is 0.664. The molecule has 0 bridgehead atoms. The third-order valence-electron chi connectivity index (χ3n) is 3.00. The van der Waals surface area contributed by atoms with Gasteiger partial charge >= 0.3 is 0 Å². The summed E-state index contributed by atoms with van der Waals surface area (Å²) in [4.78, 5) is 12.4. The zero-order valence-electron chi connectivity index (χ0n) is 13.6. The molecule has 0 aliphatic carbocycles. The Morgan fingerprint density at radius 2 is 2.25 bits per heavy atom. The lowest BCUT2D eigenvalue weighted by atomic mass is 10.3. The summed E-state index contributed by atoms with van der Waals surface area (Å²) in [6, 6.07) is 5.08. The van der Waals surface area contributed by atoms with Gasteiger partial charge in [-0.2, -0.15) is 0 Å². The minimum atomic E-state index is -0.333. The zero-order valence-corrected chi connectivity index (χ0v) is 16.0. The van der Waals surface area contributed by atoms with E-state index in [0.717, 1.165) is 22.4 Å². The van der Waals surface area contributed by atoms with Crippen LogP contribution in [-0.4, -0.2) is 35.0 Å². The Morgan fingerprint density at radius 1 is 1.46 bits per heavy atom. The van der Waals surface area contributed by atoms with Gasteiger partial charge in [0.1, 0.15) is 5.75 Å².